The van der Waals surface area contributed by atoms with E-state index < -0.39 is 11.9 Å². The minimum atomic E-state index is -4.40. The highest BCUT2D eigenvalue weighted by atomic mass is 32.1. The highest BCUT2D eigenvalue weighted by Gasteiger charge is 2.33. The average Bonchev–Trinajstić information content (AvgIpc) is 3.23. The summed E-state index contributed by atoms with van der Waals surface area (Å²) in [6.07, 6.45) is -0.0467. The molecule has 0 amide bonds. The number of hydrogen-bond acceptors (Lipinski definition) is 4. The van der Waals surface area contributed by atoms with Crippen LogP contribution < -0.4 is 10.6 Å². The van der Waals surface area contributed by atoms with E-state index in [1.54, 1.807) is 12.3 Å². The summed E-state index contributed by atoms with van der Waals surface area (Å²) >= 11 is 0.992. The summed E-state index contributed by atoms with van der Waals surface area (Å²) in [4.78, 5) is 7.94. The maximum absolute atomic E-state index is 12.5. The Morgan fingerprint density at radius 1 is 1.36 bits per heavy atom. The van der Waals surface area contributed by atoms with Gasteiger partial charge in [0.25, 0.3) is 0 Å². The van der Waals surface area contributed by atoms with Crippen molar-refractivity contribution in [1.82, 2.24) is 15.6 Å². The fourth-order valence-corrected chi connectivity index (χ4v) is 2.72. The summed E-state index contributed by atoms with van der Waals surface area (Å²) in [5.74, 6) is 1.43. The lowest BCUT2D eigenvalue weighted by Gasteiger charge is -2.10. The number of nitrogens with one attached hydrogen (secondary N) is 2. The van der Waals surface area contributed by atoms with Crippen LogP contribution in [0.15, 0.2) is 45.8 Å². The summed E-state index contributed by atoms with van der Waals surface area (Å²) in [5, 5.41) is 7.64. The van der Waals surface area contributed by atoms with Gasteiger partial charge in [-0.25, -0.2) is 4.98 Å². The Labute approximate surface area is 147 Å². The van der Waals surface area contributed by atoms with Gasteiger partial charge in [-0.2, -0.15) is 13.2 Å². The van der Waals surface area contributed by atoms with Gasteiger partial charge >= 0.3 is 6.18 Å². The molecule has 2 N–H and O–H groups in total. The van der Waals surface area contributed by atoms with Gasteiger partial charge in [0.2, 0.25) is 0 Å². The first-order valence-corrected chi connectivity index (χ1v) is 8.54. The van der Waals surface area contributed by atoms with Crippen molar-refractivity contribution in [2.24, 2.45) is 4.99 Å². The quantitative estimate of drug-likeness (QED) is 0.424. The molecule has 0 aliphatic heterocycles. The number of alkyl halides is 3. The van der Waals surface area contributed by atoms with Crippen LogP contribution in [-0.2, 0) is 19.0 Å². The van der Waals surface area contributed by atoms with Gasteiger partial charge in [-0.05, 0) is 12.1 Å². The molecular formula is C16H19F3N4OS. The molecule has 2 rings (SSSR count). The molecule has 0 fully saturated rings. The first-order valence-electron chi connectivity index (χ1n) is 7.66. The van der Waals surface area contributed by atoms with Crippen LogP contribution in [0.2, 0.25) is 0 Å². The molecule has 9 heteroatoms. The van der Waals surface area contributed by atoms with Crippen molar-refractivity contribution in [1.29, 1.82) is 0 Å². The van der Waals surface area contributed by atoms with Gasteiger partial charge in [-0.15, -0.1) is 17.9 Å². The first-order chi connectivity index (χ1) is 12.0. The summed E-state index contributed by atoms with van der Waals surface area (Å²) in [5.41, 5.74) is -0.849. The predicted octanol–water partition coefficient (Wildman–Crippen LogP) is 3.26. The van der Waals surface area contributed by atoms with Crippen molar-refractivity contribution in [2.45, 2.75) is 19.0 Å². The van der Waals surface area contributed by atoms with Crippen molar-refractivity contribution in [3.05, 3.63) is 52.9 Å². The summed E-state index contributed by atoms with van der Waals surface area (Å²) in [7, 11) is 0. The number of thiazole rings is 1. The molecule has 0 aliphatic carbocycles. The van der Waals surface area contributed by atoms with Crippen LogP contribution >= 0.6 is 11.3 Å². The minimum absolute atomic E-state index is 0.331. The number of halogens is 3. The zero-order chi connectivity index (χ0) is 18.1. The van der Waals surface area contributed by atoms with E-state index >= 15 is 0 Å². The normalized spacial score (nSPS) is 12.2. The molecule has 0 atom stereocenters. The number of furan rings is 1. The Morgan fingerprint density at radius 2 is 2.20 bits per heavy atom. The summed E-state index contributed by atoms with van der Waals surface area (Å²) in [6.45, 7) is 5.11. The fourth-order valence-electron chi connectivity index (χ4n) is 1.92. The van der Waals surface area contributed by atoms with E-state index in [0.29, 0.717) is 43.4 Å². The summed E-state index contributed by atoms with van der Waals surface area (Å²) < 4.78 is 42.8. The van der Waals surface area contributed by atoms with E-state index in [1.807, 2.05) is 12.1 Å². The Morgan fingerprint density at radius 3 is 2.84 bits per heavy atom. The number of guanidine groups is 1. The third-order valence-corrected chi connectivity index (χ3v) is 4.00. The van der Waals surface area contributed by atoms with Crippen LogP contribution in [0.1, 0.15) is 16.5 Å². The lowest BCUT2D eigenvalue weighted by Crippen LogP contribution is -2.38. The molecule has 0 spiro atoms. The van der Waals surface area contributed by atoms with Gasteiger partial charge in [0.1, 0.15) is 5.76 Å². The van der Waals surface area contributed by atoms with Crippen LogP contribution in [0.5, 0.6) is 0 Å². The third-order valence-electron chi connectivity index (χ3n) is 3.10. The largest absolute Gasteiger partial charge is 0.469 e. The number of aromatic nitrogens is 1. The molecule has 0 saturated heterocycles. The molecule has 0 radical (unpaired) electrons. The topological polar surface area (TPSA) is 62.5 Å². The van der Waals surface area contributed by atoms with Gasteiger partial charge in [-0.1, -0.05) is 6.08 Å². The number of hydrogen-bond donors (Lipinski definition) is 2. The van der Waals surface area contributed by atoms with Crippen LogP contribution in [0, 0.1) is 0 Å². The molecule has 0 aromatic carbocycles. The highest BCUT2D eigenvalue weighted by molar-refractivity contribution is 7.09. The van der Waals surface area contributed by atoms with E-state index in [9.17, 15) is 13.2 Å². The molecule has 0 aliphatic rings. The average molecular weight is 372 g/mol. The minimum Gasteiger partial charge on any atom is -0.469 e. The lowest BCUT2D eigenvalue weighted by molar-refractivity contribution is -0.140. The maximum atomic E-state index is 12.5. The second-order valence-electron chi connectivity index (χ2n) is 5.03. The molecule has 136 valence electrons. The van der Waals surface area contributed by atoms with Gasteiger partial charge < -0.3 is 15.1 Å². The zero-order valence-corrected chi connectivity index (χ0v) is 14.3. The van der Waals surface area contributed by atoms with Crippen LogP contribution in [0.4, 0.5) is 13.2 Å². The predicted molar refractivity (Wildman–Crippen MR) is 91.7 cm³/mol. The smallest absolute Gasteiger partial charge is 0.434 e. The zero-order valence-electron chi connectivity index (χ0n) is 13.5. The van der Waals surface area contributed by atoms with Crippen LogP contribution in [0.3, 0.4) is 0 Å². The van der Waals surface area contributed by atoms with E-state index in [-0.39, 0.29) is 0 Å². The molecule has 2 aromatic rings. The van der Waals surface area contributed by atoms with Crippen molar-refractivity contribution in [3.63, 3.8) is 0 Å². The molecule has 0 unspecified atom stereocenters. The van der Waals surface area contributed by atoms with Crippen molar-refractivity contribution in [3.8, 4) is 0 Å². The van der Waals surface area contributed by atoms with Crippen LogP contribution in [-0.4, -0.2) is 30.6 Å². The van der Waals surface area contributed by atoms with E-state index in [1.165, 1.54) is 0 Å². The maximum Gasteiger partial charge on any atom is 0.434 e. The molecule has 5 nitrogen and oxygen atoms in total. The number of aliphatic imine (C=N–C) groups is 1. The second kappa shape index (κ2) is 9.26. The van der Waals surface area contributed by atoms with Gasteiger partial charge in [0.15, 0.2) is 11.7 Å². The standard InChI is InChI=1S/C16H19F3N4OS/c1-2-7-20-15(21-8-5-12-4-3-10-24-12)22-9-6-14-23-13(11-25-14)16(17,18)19/h2-4,10-11H,1,5-9H2,(H2,20,21,22). The second-order valence-corrected chi connectivity index (χ2v) is 5.97. The van der Waals surface area contributed by atoms with Gasteiger partial charge in [-0.3, -0.25) is 4.99 Å². The monoisotopic (exact) mass is 372 g/mol. The van der Waals surface area contributed by atoms with E-state index in [4.69, 9.17) is 4.42 Å². The Kier molecular flexibility index (Phi) is 7.05. The summed E-state index contributed by atoms with van der Waals surface area (Å²) in [6, 6.07) is 3.71. The van der Waals surface area contributed by atoms with Crippen LogP contribution in [0.25, 0.3) is 0 Å². The number of nitrogens with zero attached hydrogens (tertiary/aromatic N) is 2. The number of rotatable bonds is 8. The first kappa shape index (κ1) is 19.0. The molecule has 0 saturated carbocycles. The molecule has 2 heterocycles. The SMILES string of the molecule is C=CCNC(=NCCc1nc(C(F)(F)F)cs1)NCCc1ccco1. The van der Waals surface area contributed by atoms with E-state index in [0.717, 1.165) is 22.5 Å². The Hall–Kier alpha value is -2.29. The molecular weight excluding hydrogens is 353 g/mol. The fraction of sp³-hybridized carbons (Fsp3) is 0.375. The highest BCUT2D eigenvalue weighted by Crippen LogP contribution is 2.30. The Bertz CT molecular complexity index is 680. The van der Waals surface area contributed by atoms with Gasteiger partial charge in [0.05, 0.1) is 11.3 Å². The van der Waals surface area contributed by atoms with Gasteiger partial charge in [0, 0.05) is 37.9 Å². The van der Waals surface area contributed by atoms with E-state index in [2.05, 4.69) is 27.2 Å². The molecule has 0 bridgehead atoms. The van der Waals surface area contributed by atoms with Crippen molar-refractivity contribution < 1.29 is 17.6 Å². The van der Waals surface area contributed by atoms with Crippen molar-refractivity contribution in [2.75, 3.05) is 19.6 Å². The van der Waals surface area contributed by atoms with Crippen molar-refractivity contribution >= 4 is 17.3 Å². The molecule has 25 heavy (non-hydrogen) atoms. The molecule has 2 aromatic heterocycles. The Balaban J connectivity index is 1.83. The lowest BCUT2D eigenvalue weighted by atomic mass is 10.3. The third kappa shape index (κ3) is 6.61.